The molecule has 0 N–H and O–H groups in total. The second-order valence-corrected chi connectivity index (χ2v) is 2.31. The lowest BCUT2D eigenvalue weighted by Gasteiger charge is -2.21. The van der Waals surface area contributed by atoms with Crippen molar-refractivity contribution in [3.8, 4) is 12.3 Å². The molecule has 1 atom stereocenters. The average molecular weight is 143 g/mol. The highest BCUT2D eigenvalue weighted by Gasteiger charge is 2.12. The molecule has 10 heavy (non-hydrogen) atoms. The maximum atomic E-state index is 5.26. The summed E-state index contributed by atoms with van der Waals surface area (Å²) in [4.78, 5) is 0. The molecule has 0 aromatic rings. The molecule has 2 heteroatoms. The average Bonchev–Trinajstić information content (AvgIpc) is 2.03. The third kappa shape index (κ3) is 2.38. The van der Waals surface area contributed by atoms with Gasteiger partial charge in [-0.05, 0) is 19.3 Å². The van der Waals surface area contributed by atoms with Gasteiger partial charge in [-0.2, -0.15) is 0 Å². The van der Waals surface area contributed by atoms with Crippen LogP contribution in [0.2, 0.25) is 0 Å². The van der Waals surface area contributed by atoms with E-state index in [1.165, 1.54) is 6.42 Å². The molecule has 0 aromatic carbocycles. The van der Waals surface area contributed by atoms with Crippen molar-refractivity contribution in [3.05, 3.63) is 0 Å². The van der Waals surface area contributed by atoms with Crippen LogP contribution in [-0.2, 0) is 9.47 Å². The smallest absolute Gasteiger partial charge is 0.158 e. The Bertz CT molecular complexity index is 120. The van der Waals surface area contributed by atoms with Crippen LogP contribution in [0.4, 0.5) is 0 Å². The minimum Gasteiger partial charge on any atom is -0.353 e. The molecule has 1 aliphatic heterocycles. The van der Waals surface area contributed by atoms with Gasteiger partial charge < -0.3 is 9.47 Å². The van der Waals surface area contributed by atoms with E-state index >= 15 is 0 Å². The SMILES string of the molecule is [13CH]#[13C][13CH2]OC1CCCCO1. The molecule has 0 bridgehead atoms. The molecule has 0 spiro atoms. The van der Waals surface area contributed by atoms with Gasteiger partial charge in [-0.25, -0.2) is 0 Å². The van der Waals surface area contributed by atoms with Crippen molar-refractivity contribution >= 4 is 0 Å². The monoisotopic (exact) mass is 143 g/mol. The van der Waals surface area contributed by atoms with E-state index in [1.54, 1.807) is 0 Å². The summed E-state index contributed by atoms with van der Waals surface area (Å²) < 4.78 is 10.4. The Labute approximate surface area is 61.5 Å². The molecule has 2 nitrogen and oxygen atoms in total. The van der Waals surface area contributed by atoms with E-state index < -0.39 is 0 Å². The van der Waals surface area contributed by atoms with Gasteiger partial charge in [0.1, 0.15) is 6.61 Å². The zero-order chi connectivity index (χ0) is 7.23. The van der Waals surface area contributed by atoms with Crippen LogP contribution in [0.25, 0.3) is 0 Å². The van der Waals surface area contributed by atoms with Crippen molar-refractivity contribution in [1.82, 2.24) is 0 Å². The van der Waals surface area contributed by atoms with E-state index in [0.29, 0.717) is 6.61 Å². The molecule has 1 fully saturated rings. The molecule has 0 radical (unpaired) electrons. The normalized spacial score (nSPS) is 25.7. The van der Waals surface area contributed by atoms with Crippen molar-refractivity contribution in [3.63, 3.8) is 0 Å². The first-order valence-corrected chi connectivity index (χ1v) is 3.60. The third-order valence-corrected chi connectivity index (χ3v) is 1.49. The van der Waals surface area contributed by atoms with Crippen LogP contribution in [0, 0.1) is 12.3 Å². The lowest BCUT2D eigenvalue weighted by Crippen LogP contribution is -2.22. The van der Waals surface area contributed by atoms with Crippen LogP contribution in [0.5, 0.6) is 0 Å². The van der Waals surface area contributed by atoms with Gasteiger partial charge >= 0.3 is 0 Å². The molecule has 1 heterocycles. The third-order valence-electron chi connectivity index (χ3n) is 1.49. The van der Waals surface area contributed by atoms with E-state index in [9.17, 15) is 0 Å². The zero-order valence-electron chi connectivity index (χ0n) is 6.01. The fraction of sp³-hybridized carbons (Fsp3) is 0.750. The van der Waals surface area contributed by atoms with Crippen LogP contribution in [0.3, 0.4) is 0 Å². The molecule has 56 valence electrons. The van der Waals surface area contributed by atoms with Gasteiger partial charge in [0, 0.05) is 6.61 Å². The molecule has 0 amide bonds. The first-order chi connectivity index (χ1) is 4.93. The highest BCUT2D eigenvalue weighted by atomic mass is 16.7. The molecule has 1 unspecified atom stereocenters. The molecule has 0 saturated carbocycles. The Balaban J connectivity index is 2.09. The van der Waals surface area contributed by atoms with E-state index in [-0.39, 0.29) is 6.29 Å². The topological polar surface area (TPSA) is 18.5 Å². The van der Waals surface area contributed by atoms with E-state index in [1.807, 2.05) is 0 Å². The van der Waals surface area contributed by atoms with E-state index in [4.69, 9.17) is 15.9 Å². The molecule has 1 rings (SSSR count). The van der Waals surface area contributed by atoms with Gasteiger partial charge in [-0.15, -0.1) is 6.42 Å². The Morgan fingerprint density at radius 1 is 1.60 bits per heavy atom. The van der Waals surface area contributed by atoms with Crippen LogP contribution >= 0.6 is 0 Å². The number of ether oxygens (including phenoxy) is 2. The molecular formula is C8H12O2. The molecular weight excluding hydrogens is 131 g/mol. The summed E-state index contributed by atoms with van der Waals surface area (Å²) >= 11 is 0. The number of rotatable bonds is 2. The van der Waals surface area contributed by atoms with Gasteiger partial charge in [-0.3, -0.25) is 0 Å². The number of hydrogen-bond acceptors (Lipinski definition) is 2. The van der Waals surface area contributed by atoms with Gasteiger partial charge in [0.2, 0.25) is 0 Å². The van der Waals surface area contributed by atoms with Crippen LogP contribution < -0.4 is 0 Å². The summed E-state index contributed by atoms with van der Waals surface area (Å²) in [5.41, 5.74) is 0. The van der Waals surface area contributed by atoms with Crippen molar-refractivity contribution in [2.24, 2.45) is 0 Å². The standard InChI is InChI=1S/C8H12O2/c1-2-6-9-8-5-3-4-7-10-8/h1,8H,3-7H2/i1+1,2+1,6+1. The second-order valence-electron chi connectivity index (χ2n) is 2.31. The summed E-state index contributed by atoms with van der Waals surface area (Å²) in [6, 6.07) is 0. The summed E-state index contributed by atoms with van der Waals surface area (Å²) in [5, 5.41) is 0. The zero-order valence-corrected chi connectivity index (χ0v) is 6.01. The summed E-state index contributed by atoms with van der Waals surface area (Å²) in [7, 11) is 0. The largest absolute Gasteiger partial charge is 0.353 e. The number of terminal acetylenes is 1. The Morgan fingerprint density at radius 3 is 3.10 bits per heavy atom. The summed E-state index contributed by atoms with van der Waals surface area (Å²) in [6.07, 6.45) is 8.30. The van der Waals surface area contributed by atoms with E-state index in [0.717, 1.165) is 19.4 Å². The maximum Gasteiger partial charge on any atom is 0.158 e. The maximum absolute atomic E-state index is 5.26. The first kappa shape index (κ1) is 7.59. The van der Waals surface area contributed by atoms with Gasteiger partial charge in [0.05, 0.1) is 0 Å². The van der Waals surface area contributed by atoms with Crippen molar-refractivity contribution in [2.45, 2.75) is 25.6 Å². The van der Waals surface area contributed by atoms with Crippen molar-refractivity contribution in [1.29, 1.82) is 0 Å². The Kier molecular flexibility index (Phi) is 3.28. The van der Waals surface area contributed by atoms with Crippen LogP contribution in [0.15, 0.2) is 0 Å². The summed E-state index contributed by atoms with van der Waals surface area (Å²) in [5.74, 6) is 2.41. The molecule has 0 aromatic heterocycles. The predicted molar refractivity (Wildman–Crippen MR) is 38.4 cm³/mol. The molecule has 1 aliphatic rings. The second kappa shape index (κ2) is 4.32. The lowest BCUT2D eigenvalue weighted by atomic mass is 10.2. The van der Waals surface area contributed by atoms with Gasteiger partial charge in [-0.1, -0.05) is 5.92 Å². The van der Waals surface area contributed by atoms with E-state index in [2.05, 4.69) is 5.92 Å². The first-order valence-electron chi connectivity index (χ1n) is 3.60. The van der Waals surface area contributed by atoms with Crippen molar-refractivity contribution in [2.75, 3.05) is 13.2 Å². The fourth-order valence-electron chi connectivity index (χ4n) is 0.984. The quantitative estimate of drug-likeness (QED) is 0.426. The minimum absolute atomic E-state index is 0.0372. The summed E-state index contributed by atoms with van der Waals surface area (Å²) in [6.45, 7) is 1.18. The number of hydrogen-bond donors (Lipinski definition) is 0. The highest BCUT2D eigenvalue weighted by molar-refractivity contribution is 4.83. The fourth-order valence-corrected chi connectivity index (χ4v) is 0.984. The minimum atomic E-state index is -0.0372. The Morgan fingerprint density at radius 2 is 2.50 bits per heavy atom. The molecule has 1 saturated heterocycles. The van der Waals surface area contributed by atoms with Crippen LogP contribution in [-0.4, -0.2) is 19.5 Å². The predicted octanol–water partition coefficient (Wildman–Crippen LogP) is 1.16. The molecule has 0 aliphatic carbocycles. The highest BCUT2D eigenvalue weighted by Crippen LogP contribution is 2.12. The van der Waals surface area contributed by atoms with Gasteiger partial charge in [0.15, 0.2) is 6.29 Å². The lowest BCUT2D eigenvalue weighted by molar-refractivity contribution is -0.154. The van der Waals surface area contributed by atoms with Crippen LogP contribution in [0.1, 0.15) is 19.3 Å². The van der Waals surface area contributed by atoms with Gasteiger partial charge in [0.25, 0.3) is 0 Å². The Hall–Kier alpha value is -0.520. The van der Waals surface area contributed by atoms with Crippen molar-refractivity contribution < 1.29 is 9.47 Å².